The number of fused-ring (bicyclic) bond motifs is 1. The molecule has 170 valence electrons. The van der Waals surface area contributed by atoms with Gasteiger partial charge in [-0.15, -0.1) is 22.7 Å². The van der Waals surface area contributed by atoms with E-state index < -0.39 is 10.0 Å². The molecular weight excluding hydrogens is 498 g/mol. The number of halogens is 1. The summed E-state index contributed by atoms with van der Waals surface area (Å²) in [6.45, 7) is 0.603. The average Bonchev–Trinajstić information content (AvgIpc) is 3.48. The van der Waals surface area contributed by atoms with Gasteiger partial charge in [-0.2, -0.15) is 4.31 Å². The summed E-state index contributed by atoms with van der Waals surface area (Å²) in [5.74, 6) is -0.373. The lowest BCUT2D eigenvalue weighted by molar-refractivity contribution is -0.120. The van der Waals surface area contributed by atoms with Gasteiger partial charge in [-0.1, -0.05) is 48.0 Å². The van der Waals surface area contributed by atoms with E-state index in [9.17, 15) is 13.2 Å². The summed E-state index contributed by atoms with van der Waals surface area (Å²) < 4.78 is 27.6. The number of thiophene rings is 1. The number of piperidine rings is 1. The Hall–Kier alpha value is -2.30. The first kappa shape index (κ1) is 22.5. The van der Waals surface area contributed by atoms with E-state index in [2.05, 4.69) is 34.6 Å². The molecule has 0 bridgehead atoms. The van der Waals surface area contributed by atoms with Crippen molar-refractivity contribution in [1.29, 1.82) is 0 Å². The Morgan fingerprint density at radius 3 is 2.55 bits per heavy atom. The van der Waals surface area contributed by atoms with Gasteiger partial charge in [0, 0.05) is 30.0 Å². The number of hydrogen-bond acceptors (Lipinski definition) is 6. The van der Waals surface area contributed by atoms with Crippen molar-refractivity contribution in [3.05, 3.63) is 64.3 Å². The first-order valence-electron chi connectivity index (χ1n) is 10.4. The molecule has 1 aliphatic rings. The van der Waals surface area contributed by atoms with Gasteiger partial charge in [0.2, 0.25) is 5.91 Å². The third-order valence-corrected chi connectivity index (χ3v) is 10.1. The second kappa shape index (κ2) is 9.15. The molecule has 0 aliphatic carbocycles. The van der Waals surface area contributed by atoms with Gasteiger partial charge in [-0.05, 0) is 41.8 Å². The van der Waals surface area contributed by atoms with Crippen LogP contribution in [-0.4, -0.2) is 36.7 Å². The number of rotatable bonds is 5. The highest BCUT2D eigenvalue weighted by Gasteiger charge is 2.33. The Bertz CT molecular complexity index is 1420. The minimum absolute atomic E-state index is 0.120. The molecule has 0 saturated carbocycles. The molecule has 2 aromatic heterocycles. The van der Waals surface area contributed by atoms with Crippen LogP contribution in [0.15, 0.2) is 64.2 Å². The number of aromatic nitrogens is 1. The topological polar surface area (TPSA) is 79.4 Å². The van der Waals surface area contributed by atoms with Crippen LogP contribution < -0.4 is 5.32 Å². The number of thiazole rings is 1. The first-order chi connectivity index (χ1) is 15.9. The van der Waals surface area contributed by atoms with Crippen LogP contribution in [0.5, 0.6) is 0 Å². The Morgan fingerprint density at radius 1 is 1.06 bits per heavy atom. The summed E-state index contributed by atoms with van der Waals surface area (Å²) in [4.78, 5) is 17.4. The van der Waals surface area contributed by atoms with E-state index in [-0.39, 0.29) is 16.0 Å². The van der Waals surface area contributed by atoms with Gasteiger partial charge >= 0.3 is 0 Å². The third-order valence-electron chi connectivity index (χ3n) is 5.75. The van der Waals surface area contributed by atoms with Crippen molar-refractivity contribution in [2.24, 2.45) is 5.92 Å². The Morgan fingerprint density at radius 2 is 1.82 bits per heavy atom. The lowest BCUT2D eigenvalue weighted by Gasteiger charge is -2.29. The van der Waals surface area contributed by atoms with Crippen molar-refractivity contribution in [2.75, 3.05) is 18.4 Å². The fraction of sp³-hybridized carbons (Fsp3) is 0.217. The summed E-state index contributed by atoms with van der Waals surface area (Å²) in [5.41, 5.74) is 1.81. The number of benzene rings is 2. The highest BCUT2D eigenvalue weighted by atomic mass is 35.5. The molecule has 0 unspecified atom stereocenters. The summed E-state index contributed by atoms with van der Waals surface area (Å²) in [5, 5.41) is 7.70. The molecule has 33 heavy (non-hydrogen) atoms. The van der Waals surface area contributed by atoms with Crippen LogP contribution in [0.3, 0.4) is 0 Å². The molecule has 4 aromatic rings. The minimum atomic E-state index is -3.57. The van der Waals surface area contributed by atoms with Gasteiger partial charge in [0.25, 0.3) is 10.0 Å². The van der Waals surface area contributed by atoms with Crippen molar-refractivity contribution in [3.63, 3.8) is 0 Å². The number of anilines is 1. The monoisotopic (exact) mass is 517 g/mol. The van der Waals surface area contributed by atoms with Crippen LogP contribution in [0.25, 0.3) is 22.0 Å². The molecule has 10 heteroatoms. The molecule has 3 heterocycles. The highest BCUT2D eigenvalue weighted by Crippen LogP contribution is 2.32. The van der Waals surface area contributed by atoms with Crippen LogP contribution >= 0.6 is 34.3 Å². The van der Waals surface area contributed by atoms with Crippen molar-refractivity contribution in [3.8, 4) is 11.3 Å². The molecule has 2 aromatic carbocycles. The summed E-state index contributed by atoms with van der Waals surface area (Å²) >= 11 is 8.33. The van der Waals surface area contributed by atoms with Crippen LogP contribution in [-0.2, 0) is 14.8 Å². The number of nitrogens with one attached hydrogen (secondary N) is 1. The predicted octanol–water partition coefficient (Wildman–Crippen LogP) is 5.72. The Labute approximate surface area is 204 Å². The maximum atomic E-state index is 12.8. The molecule has 1 N–H and O–H groups in total. The SMILES string of the molecule is O=C(Nc1nc(-c2ccc3ccccc3c2)cs1)C1CCN(S(=O)(=O)c2ccc(Cl)s2)CC1. The lowest BCUT2D eigenvalue weighted by Crippen LogP contribution is -2.41. The summed E-state index contributed by atoms with van der Waals surface area (Å²) in [7, 11) is -3.57. The number of carbonyl (C=O) groups excluding carboxylic acids is 1. The second-order valence-electron chi connectivity index (χ2n) is 7.83. The maximum absolute atomic E-state index is 12.8. The number of amides is 1. The van der Waals surface area contributed by atoms with E-state index in [0.717, 1.165) is 28.0 Å². The van der Waals surface area contributed by atoms with E-state index in [1.54, 1.807) is 6.07 Å². The normalized spacial score (nSPS) is 15.7. The highest BCUT2D eigenvalue weighted by molar-refractivity contribution is 7.91. The Balaban J connectivity index is 1.22. The van der Waals surface area contributed by atoms with E-state index in [4.69, 9.17) is 11.6 Å². The quantitative estimate of drug-likeness (QED) is 0.367. The van der Waals surface area contributed by atoms with Crippen LogP contribution in [0, 0.1) is 5.92 Å². The zero-order valence-electron chi connectivity index (χ0n) is 17.4. The summed E-state index contributed by atoms with van der Waals surface area (Å²) in [6, 6.07) is 17.4. The van der Waals surface area contributed by atoms with Gasteiger partial charge in [0.05, 0.1) is 10.0 Å². The molecular formula is C23H20ClN3O3S3. The van der Waals surface area contributed by atoms with Gasteiger partial charge in [0.15, 0.2) is 5.13 Å². The van der Waals surface area contributed by atoms with Crippen LogP contribution in [0.2, 0.25) is 4.34 Å². The van der Waals surface area contributed by atoms with Gasteiger partial charge in [-0.3, -0.25) is 4.79 Å². The maximum Gasteiger partial charge on any atom is 0.252 e. The number of carbonyl (C=O) groups is 1. The van der Waals surface area contributed by atoms with E-state index >= 15 is 0 Å². The number of hydrogen-bond donors (Lipinski definition) is 1. The van der Waals surface area contributed by atoms with Crippen molar-refractivity contribution in [1.82, 2.24) is 9.29 Å². The van der Waals surface area contributed by atoms with Gasteiger partial charge in [0.1, 0.15) is 4.21 Å². The molecule has 0 radical (unpaired) electrons. The average molecular weight is 518 g/mol. The molecule has 6 nitrogen and oxygen atoms in total. The lowest BCUT2D eigenvalue weighted by atomic mass is 9.97. The van der Waals surface area contributed by atoms with Gasteiger partial charge < -0.3 is 5.32 Å². The second-order valence-corrected chi connectivity index (χ2v) is 12.6. The fourth-order valence-electron chi connectivity index (χ4n) is 3.94. The first-order valence-corrected chi connectivity index (χ1v) is 13.9. The molecule has 0 atom stereocenters. The minimum Gasteiger partial charge on any atom is -0.302 e. The largest absolute Gasteiger partial charge is 0.302 e. The molecule has 1 amide bonds. The van der Waals surface area contributed by atoms with Crippen molar-refractivity contribution in [2.45, 2.75) is 17.1 Å². The number of sulfonamides is 1. The standard InChI is InChI=1S/C23H20ClN3O3S3/c24-20-7-8-21(32-20)33(29,30)27-11-9-16(10-12-27)22(28)26-23-25-19(14-31-23)18-6-5-15-3-1-2-4-17(15)13-18/h1-8,13-14,16H,9-12H2,(H,25,26,28). The number of nitrogens with zero attached hydrogens (tertiary/aromatic N) is 2. The van der Waals surface area contributed by atoms with E-state index in [1.807, 2.05) is 23.6 Å². The Kier molecular flexibility index (Phi) is 6.24. The molecule has 1 aliphatic heterocycles. The zero-order chi connectivity index (χ0) is 23.0. The van der Waals surface area contributed by atoms with Crippen LogP contribution in [0.1, 0.15) is 12.8 Å². The van der Waals surface area contributed by atoms with Gasteiger partial charge in [-0.25, -0.2) is 13.4 Å². The molecule has 5 rings (SSSR count). The molecule has 1 saturated heterocycles. The fourth-order valence-corrected chi connectivity index (χ4v) is 7.77. The zero-order valence-corrected chi connectivity index (χ0v) is 20.6. The van der Waals surface area contributed by atoms with Crippen molar-refractivity contribution < 1.29 is 13.2 Å². The third kappa shape index (κ3) is 4.69. The predicted molar refractivity (Wildman–Crippen MR) is 134 cm³/mol. The van der Waals surface area contributed by atoms with E-state index in [0.29, 0.717) is 35.4 Å². The van der Waals surface area contributed by atoms with E-state index in [1.165, 1.54) is 27.1 Å². The summed E-state index contributed by atoms with van der Waals surface area (Å²) in [6.07, 6.45) is 0.931. The van der Waals surface area contributed by atoms with Crippen LogP contribution in [0.4, 0.5) is 5.13 Å². The smallest absolute Gasteiger partial charge is 0.252 e. The van der Waals surface area contributed by atoms with Crippen molar-refractivity contribution >= 4 is 66.1 Å². The molecule has 0 spiro atoms. The molecule has 1 fully saturated rings.